The first-order chi connectivity index (χ1) is 8.56. The van der Waals surface area contributed by atoms with Gasteiger partial charge >= 0.3 is 0 Å². The van der Waals surface area contributed by atoms with Crippen molar-refractivity contribution in [2.24, 2.45) is 0 Å². The maximum absolute atomic E-state index is 6.17. The van der Waals surface area contributed by atoms with E-state index >= 15 is 0 Å². The maximum atomic E-state index is 6.17. The van der Waals surface area contributed by atoms with Crippen LogP contribution < -0.4 is 5.32 Å². The zero-order chi connectivity index (χ0) is 13.3. The smallest absolute Gasteiger partial charge is 0.0692 e. The number of aromatic nitrogens is 2. The second-order valence-electron chi connectivity index (χ2n) is 4.48. The Labute approximate surface area is 113 Å². The van der Waals surface area contributed by atoms with E-state index in [1.54, 1.807) is 0 Å². The Morgan fingerprint density at radius 2 is 2.00 bits per heavy atom. The van der Waals surface area contributed by atoms with E-state index in [2.05, 4.69) is 17.3 Å². The summed E-state index contributed by atoms with van der Waals surface area (Å²) in [6.45, 7) is 6.98. The summed E-state index contributed by atoms with van der Waals surface area (Å²) in [5.41, 5.74) is 5.57. The largest absolute Gasteiger partial charge is 0.316 e. The van der Waals surface area contributed by atoms with Crippen LogP contribution in [0.4, 0.5) is 0 Å². The van der Waals surface area contributed by atoms with Crippen LogP contribution in [0.25, 0.3) is 5.69 Å². The predicted octanol–water partition coefficient (Wildman–Crippen LogP) is 3.17. The van der Waals surface area contributed by atoms with Gasteiger partial charge < -0.3 is 5.32 Å². The van der Waals surface area contributed by atoms with Crippen LogP contribution in [0.1, 0.15) is 22.5 Å². The second kappa shape index (κ2) is 5.12. The van der Waals surface area contributed by atoms with Crippen molar-refractivity contribution >= 4 is 11.6 Å². The standard InChI is InChI=1S/C14H18ClN3/c1-9-13(15)6-5-7-14(9)18-11(3)12(8-16-4)10(2)17-18/h5-7,16H,8H2,1-4H3. The molecule has 0 radical (unpaired) electrons. The molecule has 0 aliphatic heterocycles. The number of aryl methyl sites for hydroxylation is 1. The van der Waals surface area contributed by atoms with Gasteiger partial charge in [0.1, 0.15) is 0 Å². The van der Waals surface area contributed by atoms with Gasteiger partial charge in [-0.15, -0.1) is 0 Å². The summed E-state index contributed by atoms with van der Waals surface area (Å²) in [7, 11) is 1.95. The summed E-state index contributed by atoms with van der Waals surface area (Å²) < 4.78 is 1.98. The van der Waals surface area contributed by atoms with Crippen LogP contribution >= 0.6 is 11.6 Å². The van der Waals surface area contributed by atoms with Gasteiger partial charge in [-0.3, -0.25) is 0 Å². The Morgan fingerprint density at radius 1 is 1.28 bits per heavy atom. The van der Waals surface area contributed by atoms with E-state index < -0.39 is 0 Å². The van der Waals surface area contributed by atoms with Crippen LogP contribution in [0.3, 0.4) is 0 Å². The van der Waals surface area contributed by atoms with Gasteiger partial charge in [0, 0.05) is 22.8 Å². The number of nitrogens with zero attached hydrogens (tertiary/aromatic N) is 2. The lowest BCUT2D eigenvalue weighted by atomic mass is 10.1. The molecule has 1 aromatic carbocycles. The molecule has 96 valence electrons. The van der Waals surface area contributed by atoms with E-state index in [4.69, 9.17) is 11.6 Å². The fourth-order valence-electron chi connectivity index (χ4n) is 2.17. The number of benzene rings is 1. The number of hydrogen-bond donors (Lipinski definition) is 1. The molecular formula is C14H18ClN3. The van der Waals surface area contributed by atoms with Crippen molar-refractivity contribution < 1.29 is 0 Å². The number of halogens is 1. The molecule has 0 spiro atoms. The third kappa shape index (κ3) is 2.16. The molecule has 0 saturated heterocycles. The van der Waals surface area contributed by atoms with Crippen LogP contribution in [0, 0.1) is 20.8 Å². The van der Waals surface area contributed by atoms with Gasteiger partial charge in [-0.2, -0.15) is 5.10 Å². The molecule has 0 unspecified atom stereocenters. The maximum Gasteiger partial charge on any atom is 0.0692 e. The van der Waals surface area contributed by atoms with Gasteiger partial charge in [-0.1, -0.05) is 17.7 Å². The highest BCUT2D eigenvalue weighted by Crippen LogP contribution is 2.24. The molecule has 0 fully saturated rings. The van der Waals surface area contributed by atoms with Crippen molar-refractivity contribution in [2.45, 2.75) is 27.3 Å². The van der Waals surface area contributed by atoms with Crippen molar-refractivity contribution in [3.8, 4) is 5.69 Å². The van der Waals surface area contributed by atoms with Crippen LogP contribution in [-0.4, -0.2) is 16.8 Å². The molecular weight excluding hydrogens is 246 g/mol. The normalized spacial score (nSPS) is 10.9. The molecule has 2 aromatic rings. The first-order valence-electron chi connectivity index (χ1n) is 6.01. The van der Waals surface area contributed by atoms with E-state index in [0.717, 1.165) is 34.2 Å². The highest BCUT2D eigenvalue weighted by atomic mass is 35.5. The van der Waals surface area contributed by atoms with Gasteiger partial charge in [0.05, 0.1) is 11.4 Å². The van der Waals surface area contributed by atoms with Crippen molar-refractivity contribution in [3.63, 3.8) is 0 Å². The average molecular weight is 264 g/mol. The quantitative estimate of drug-likeness (QED) is 0.922. The lowest BCUT2D eigenvalue weighted by molar-refractivity contribution is 0.800. The van der Waals surface area contributed by atoms with E-state index in [9.17, 15) is 0 Å². The van der Waals surface area contributed by atoms with Gasteiger partial charge in [0.15, 0.2) is 0 Å². The van der Waals surface area contributed by atoms with Crippen LogP contribution in [0.15, 0.2) is 18.2 Å². The summed E-state index contributed by atoms with van der Waals surface area (Å²) in [6.07, 6.45) is 0. The third-order valence-corrected chi connectivity index (χ3v) is 3.67. The molecule has 0 aliphatic carbocycles. The highest BCUT2D eigenvalue weighted by molar-refractivity contribution is 6.31. The van der Waals surface area contributed by atoms with Gasteiger partial charge in [-0.25, -0.2) is 4.68 Å². The Kier molecular flexibility index (Phi) is 3.73. The topological polar surface area (TPSA) is 29.9 Å². The number of nitrogens with one attached hydrogen (secondary N) is 1. The minimum atomic E-state index is 0.773. The molecule has 1 heterocycles. The zero-order valence-electron chi connectivity index (χ0n) is 11.2. The molecule has 1 N–H and O–H groups in total. The zero-order valence-corrected chi connectivity index (χ0v) is 12.0. The summed E-state index contributed by atoms with van der Waals surface area (Å²) in [6, 6.07) is 5.91. The molecule has 4 heteroatoms. The van der Waals surface area contributed by atoms with Gasteiger partial charge in [-0.05, 0) is 45.5 Å². The van der Waals surface area contributed by atoms with Gasteiger partial charge in [0.2, 0.25) is 0 Å². The van der Waals surface area contributed by atoms with E-state index in [0.29, 0.717) is 0 Å². The first-order valence-corrected chi connectivity index (χ1v) is 6.39. The summed E-state index contributed by atoms with van der Waals surface area (Å²) in [5, 5.41) is 8.57. The third-order valence-electron chi connectivity index (χ3n) is 3.26. The molecule has 2 rings (SSSR count). The number of rotatable bonds is 3. The summed E-state index contributed by atoms with van der Waals surface area (Å²) >= 11 is 6.17. The van der Waals surface area contributed by atoms with E-state index in [1.165, 1.54) is 5.56 Å². The summed E-state index contributed by atoms with van der Waals surface area (Å²) in [5.74, 6) is 0. The monoisotopic (exact) mass is 263 g/mol. The fraction of sp³-hybridized carbons (Fsp3) is 0.357. The van der Waals surface area contributed by atoms with E-state index in [1.807, 2.05) is 43.8 Å². The highest BCUT2D eigenvalue weighted by Gasteiger charge is 2.14. The van der Waals surface area contributed by atoms with Crippen molar-refractivity contribution in [1.82, 2.24) is 15.1 Å². The SMILES string of the molecule is CNCc1c(C)nn(-c2cccc(Cl)c2C)c1C. The predicted molar refractivity (Wildman–Crippen MR) is 75.5 cm³/mol. The lowest BCUT2D eigenvalue weighted by Gasteiger charge is -2.09. The second-order valence-corrected chi connectivity index (χ2v) is 4.88. The Morgan fingerprint density at radius 3 is 2.67 bits per heavy atom. The molecule has 0 saturated carbocycles. The fourth-order valence-corrected chi connectivity index (χ4v) is 2.34. The molecule has 0 amide bonds. The van der Waals surface area contributed by atoms with Gasteiger partial charge in [0.25, 0.3) is 0 Å². The minimum Gasteiger partial charge on any atom is -0.316 e. The van der Waals surface area contributed by atoms with Crippen molar-refractivity contribution in [2.75, 3.05) is 7.05 Å². The first kappa shape index (κ1) is 13.1. The van der Waals surface area contributed by atoms with Crippen molar-refractivity contribution in [3.05, 3.63) is 45.7 Å². The van der Waals surface area contributed by atoms with Crippen molar-refractivity contribution in [1.29, 1.82) is 0 Å². The molecule has 1 aromatic heterocycles. The Balaban J connectivity index is 2.58. The minimum absolute atomic E-state index is 0.773. The van der Waals surface area contributed by atoms with Crippen LogP contribution in [0.2, 0.25) is 5.02 Å². The molecule has 18 heavy (non-hydrogen) atoms. The lowest BCUT2D eigenvalue weighted by Crippen LogP contribution is -2.07. The molecule has 0 atom stereocenters. The Hall–Kier alpha value is -1.32. The van der Waals surface area contributed by atoms with Crippen LogP contribution in [-0.2, 0) is 6.54 Å². The molecule has 0 bridgehead atoms. The van der Waals surface area contributed by atoms with Crippen LogP contribution in [0.5, 0.6) is 0 Å². The average Bonchev–Trinajstić information content (AvgIpc) is 2.61. The van der Waals surface area contributed by atoms with E-state index in [-0.39, 0.29) is 0 Å². The molecule has 0 aliphatic rings. The number of hydrogen-bond acceptors (Lipinski definition) is 2. The molecule has 3 nitrogen and oxygen atoms in total. The summed E-state index contributed by atoms with van der Waals surface area (Å²) in [4.78, 5) is 0. The Bertz CT molecular complexity index is 573.